The first-order chi connectivity index (χ1) is 29.1. The van der Waals surface area contributed by atoms with E-state index < -0.39 is 23.9 Å². The van der Waals surface area contributed by atoms with Crippen molar-refractivity contribution in [2.45, 2.75) is 83.1 Å². The van der Waals surface area contributed by atoms with Crippen molar-refractivity contribution in [1.82, 2.24) is 0 Å². The van der Waals surface area contributed by atoms with Gasteiger partial charge < -0.3 is 48.1 Å². The van der Waals surface area contributed by atoms with Crippen LogP contribution in [0.2, 0.25) is 0 Å². The summed E-state index contributed by atoms with van der Waals surface area (Å²) in [7, 11) is 5.65. The number of benzene rings is 4. The fraction of sp³-hybridized carbons (Fsp3) is 0.375. The van der Waals surface area contributed by atoms with Crippen molar-refractivity contribution in [2.24, 2.45) is 0 Å². The molecule has 0 spiro atoms. The van der Waals surface area contributed by atoms with Gasteiger partial charge in [0.1, 0.15) is 81.5 Å². The summed E-state index contributed by atoms with van der Waals surface area (Å²) in [6.07, 6.45) is 3.59. The number of methoxy groups -OCH3 is 4. The number of carboxylic acid groups (broad SMARTS) is 2. The third-order valence-electron chi connectivity index (χ3n) is 11.6. The first-order valence-electron chi connectivity index (χ1n) is 19.7. The summed E-state index contributed by atoms with van der Waals surface area (Å²) in [5.41, 5.74) is 6.76. The lowest BCUT2D eigenvalue weighted by Crippen LogP contribution is -2.17. The smallest absolute Gasteiger partial charge is 0.347 e. The van der Waals surface area contributed by atoms with E-state index in [-0.39, 0.29) is 70.0 Å². The van der Waals surface area contributed by atoms with Gasteiger partial charge in [0.05, 0.1) is 28.4 Å². The zero-order valence-corrected chi connectivity index (χ0v) is 38.4. The number of carbonyl (C=O) groups is 4. The molecule has 0 fully saturated rings. The molecule has 0 atom stereocenters. The summed E-state index contributed by atoms with van der Waals surface area (Å²) in [5, 5.41) is 19.6. The second-order valence-electron chi connectivity index (χ2n) is 14.9. The molecule has 14 heteroatoms. The molecule has 2 N–H and O–H groups in total. The van der Waals surface area contributed by atoms with E-state index in [0.29, 0.717) is 78.3 Å². The highest BCUT2D eigenvalue weighted by Gasteiger charge is 2.31. The Morgan fingerprint density at radius 2 is 0.597 bits per heavy atom. The first-order valence-corrected chi connectivity index (χ1v) is 19.7. The Kier molecular flexibility index (Phi) is 15.0. The van der Waals surface area contributed by atoms with E-state index in [1.54, 1.807) is 81.4 Å². The van der Waals surface area contributed by atoms with Crippen LogP contribution in [0.25, 0.3) is 0 Å². The molecule has 4 rings (SSSR count). The van der Waals surface area contributed by atoms with Crippen molar-refractivity contribution in [3.8, 4) is 46.0 Å². The average molecular weight is 857 g/mol. The molecule has 0 unspecified atom stereocenters. The highest BCUT2D eigenvalue weighted by molar-refractivity contribution is 6.00. The lowest BCUT2D eigenvalue weighted by Gasteiger charge is -2.22. The number of hydrogen-bond acceptors (Lipinski definition) is 12. The molecule has 0 bridgehead atoms. The zero-order chi connectivity index (χ0) is 46.7. The highest BCUT2D eigenvalue weighted by atomic mass is 16.5. The van der Waals surface area contributed by atoms with Gasteiger partial charge in [-0.3, -0.25) is 0 Å². The molecular weight excluding hydrogens is 801 g/mol. The number of ether oxygens (including phenoxy) is 8. The molecular formula is C48H56O14. The lowest BCUT2D eigenvalue weighted by molar-refractivity contribution is 0.0679. The van der Waals surface area contributed by atoms with E-state index in [4.69, 9.17) is 37.9 Å². The molecule has 0 aliphatic heterocycles. The highest BCUT2D eigenvalue weighted by Crippen LogP contribution is 2.44. The van der Waals surface area contributed by atoms with Crippen LogP contribution < -0.4 is 37.9 Å². The zero-order valence-electron chi connectivity index (χ0n) is 38.4. The van der Waals surface area contributed by atoms with Gasteiger partial charge in [-0.25, -0.2) is 19.2 Å². The molecule has 0 aliphatic rings. The van der Waals surface area contributed by atoms with Gasteiger partial charge in [-0.15, -0.1) is 0 Å². The molecule has 14 nitrogen and oxygen atoms in total. The molecule has 0 saturated carbocycles. The monoisotopic (exact) mass is 856 g/mol. The topological polar surface area (TPSA) is 183 Å². The Hall–Kier alpha value is -6.70. The van der Waals surface area contributed by atoms with Gasteiger partial charge in [-0.1, -0.05) is 0 Å². The van der Waals surface area contributed by atoms with E-state index >= 15 is 0 Å². The van der Waals surface area contributed by atoms with Crippen molar-refractivity contribution in [2.75, 3.05) is 41.7 Å². The summed E-state index contributed by atoms with van der Waals surface area (Å²) in [4.78, 5) is 51.7. The minimum atomic E-state index is -1.15. The number of aromatic carboxylic acids is 2. The quantitative estimate of drug-likeness (QED) is 0.0618. The van der Waals surface area contributed by atoms with Gasteiger partial charge in [0.15, 0.2) is 0 Å². The van der Waals surface area contributed by atoms with Crippen molar-refractivity contribution < 1.29 is 67.3 Å². The molecule has 0 heterocycles. The van der Waals surface area contributed by atoms with Crippen molar-refractivity contribution in [3.63, 3.8) is 0 Å². The fourth-order valence-electron chi connectivity index (χ4n) is 7.85. The van der Waals surface area contributed by atoms with Crippen molar-refractivity contribution >= 4 is 23.9 Å². The second-order valence-corrected chi connectivity index (χ2v) is 14.9. The molecule has 0 amide bonds. The van der Waals surface area contributed by atoms with Crippen molar-refractivity contribution in [1.29, 1.82) is 0 Å². The molecule has 0 radical (unpaired) electrons. The molecule has 332 valence electrons. The lowest BCUT2D eigenvalue weighted by atomic mass is 9.95. The van der Waals surface area contributed by atoms with Gasteiger partial charge in [0, 0.05) is 22.3 Å². The minimum Gasteiger partial charge on any atom is -0.495 e. The molecule has 0 aliphatic carbocycles. The predicted molar refractivity (Wildman–Crippen MR) is 233 cm³/mol. The van der Waals surface area contributed by atoms with Crippen LogP contribution in [-0.2, 0) is 0 Å². The Labute approximate surface area is 362 Å². The van der Waals surface area contributed by atoms with Gasteiger partial charge in [-0.05, 0) is 140 Å². The first kappa shape index (κ1) is 48.0. The van der Waals surface area contributed by atoms with Crippen LogP contribution in [0.4, 0.5) is 0 Å². The number of hydrogen-bond donors (Lipinski definition) is 2. The number of carbonyl (C=O) groups excluding carboxylic acids is 2. The molecule has 62 heavy (non-hydrogen) atoms. The second kappa shape index (κ2) is 19.3. The van der Waals surface area contributed by atoms with Crippen LogP contribution in [0.5, 0.6) is 46.0 Å². The third-order valence-corrected chi connectivity index (χ3v) is 11.6. The average Bonchev–Trinajstić information content (AvgIpc) is 3.22. The Morgan fingerprint density at radius 1 is 0.355 bits per heavy atom. The Bertz CT molecular complexity index is 2350. The third kappa shape index (κ3) is 8.59. The van der Waals surface area contributed by atoms with Gasteiger partial charge in [0.25, 0.3) is 0 Å². The molecule has 0 saturated heterocycles. The van der Waals surface area contributed by atoms with Crippen LogP contribution in [0, 0.1) is 83.1 Å². The predicted octanol–water partition coefficient (Wildman–Crippen LogP) is 9.27. The maximum absolute atomic E-state index is 13.9. The van der Waals surface area contributed by atoms with Crippen LogP contribution in [0.15, 0.2) is 12.2 Å². The van der Waals surface area contributed by atoms with E-state index in [0.717, 1.165) is 0 Å². The van der Waals surface area contributed by atoms with E-state index in [1.807, 2.05) is 13.8 Å². The maximum atomic E-state index is 13.9. The Balaban J connectivity index is 1.54. The maximum Gasteiger partial charge on any atom is 0.347 e. The van der Waals surface area contributed by atoms with Gasteiger partial charge >= 0.3 is 23.9 Å². The standard InChI is InChI=1S/C48H56O14/c1-21-27(7)39(31(11)41(55-13)33(21)45(49)50)61-47(53)35-23(3)25(5)37(29(9)43(35)57-15)59-19-17-18-20-60-38-26(6)24(4)36(44(58-16)30(38)10)48(54)62-40-28(8)22(2)34(46(51)52)42(56-14)32(40)12/h17-18H,19-20H2,1-16H3,(H,49,50)(H,51,52)/b18-17+. The summed E-state index contributed by atoms with van der Waals surface area (Å²) in [6, 6.07) is 0. The number of rotatable bonds is 16. The van der Waals surface area contributed by atoms with E-state index in [9.17, 15) is 29.4 Å². The van der Waals surface area contributed by atoms with Crippen LogP contribution in [0.1, 0.15) is 108 Å². The SMILES string of the molecule is COc1c(C)c(OC(=O)c2c(C)c(C)c(OC/C=C/COc3c(C)c(C)c(C(=O)Oc4c(C)c(C)c(C(=O)O)c(OC)c4C)c(OC)c3C)c(C)c2OC)c(C)c(C)c1C(=O)O. The van der Waals surface area contributed by atoms with E-state index in [1.165, 1.54) is 28.4 Å². The normalized spacial score (nSPS) is 11.0. The van der Waals surface area contributed by atoms with Crippen LogP contribution >= 0.6 is 0 Å². The Morgan fingerprint density at radius 3 is 0.871 bits per heavy atom. The fourth-order valence-corrected chi connectivity index (χ4v) is 7.85. The summed E-state index contributed by atoms with van der Waals surface area (Å²) in [6.45, 7) is 21.0. The van der Waals surface area contributed by atoms with E-state index in [2.05, 4.69) is 0 Å². The van der Waals surface area contributed by atoms with Crippen LogP contribution in [-0.4, -0.2) is 75.7 Å². The molecule has 0 aromatic heterocycles. The molecule has 4 aromatic rings. The largest absolute Gasteiger partial charge is 0.495 e. The number of esters is 2. The summed E-state index contributed by atoms with van der Waals surface area (Å²) >= 11 is 0. The summed E-state index contributed by atoms with van der Waals surface area (Å²) < 4.78 is 46.7. The van der Waals surface area contributed by atoms with Crippen LogP contribution in [0.3, 0.4) is 0 Å². The van der Waals surface area contributed by atoms with Gasteiger partial charge in [0.2, 0.25) is 0 Å². The van der Waals surface area contributed by atoms with Gasteiger partial charge in [-0.2, -0.15) is 0 Å². The van der Waals surface area contributed by atoms with Crippen molar-refractivity contribution in [3.05, 3.63) is 101 Å². The molecule has 4 aromatic carbocycles. The minimum absolute atomic E-state index is 0.00645. The number of carboxylic acids is 2. The summed E-state index contributed by atoms with van der Waals surface area (Å²) in [5.74, 6) is -1.39.